The molecule has 7 nitrogen and oxygen atoms in total. The molecule has 0 aliphatic carbocycles. The number of aryl methyl sites for hydroxylation is 3. The molecule has 1 aromatic carbocycles. The number of rotatable bonds is 7. The van der Waals surface area contributed by atoms with Gasteiger partial charge in [-0.3, -0.25) is 0 Å². The summed E-state index contributed by atoms with van der Waals surface area (Å²) in [6, 6.07) is 6.17. The highest BCUT2D eigenvalue weighted by atomic mass is 16.5. The molecule has 0 amide bonds. The number of ether oxygens (including phenoxy) is 2. The van der Waals surface area contributed by atoms with Crippen LogP contribution in [-0.2, 0) is 13.0 Å². The second-order valence-electron chi connectivity index (χ2n) is 6.73. The summed E-state index contributed by atoms with van der Waals surface area (Å²) in [5.41, 5.74) is 5.40. The highest BCUT2D eigenvalue weighted by Gasteiger charge is 2.16. The van der Waals surface area contributed by atoms with Gasteiger partial charge in [0.25, 0.3) is 0 Å². The molecule has 7 heteroatoms. The number of fused-ring (bicyclic) bond motifs is 3. The van der Waals surface area contributed by atoms with Gasteiger partial charge < -0.3 is 14.0 Å². The second kappa shape index (κ2) is 7.50. The summed E-state index contributed by atoms with van der Waals surface area (Å²) >= 11 is 0. The first-order valence-electron chi connectivity index (χ1n) is 9.66. The molecular formula is C21H25N5O2. The second-order valence-corrected chi connectivity index (χ2v) is 6.73. The summed E-state index contributed by atoms with van der Waals surface area (Å²) in [7, 11) is 0. The Morgan fingerprint density at radius 2 is 1.75 bits per heavy atom. The van der Waals surface area contributed by atoms with Crippen LogP contribution in [0.1, 0.15) is 30.7 Å². The normalized spacial score (nSPS) is 11.4. The van der Waals surface area contributed by atoms with Crippen molar-refractivity contribution in [1.82, 2.24) is 24.1 Å². The van der Waals surface area contributed by atoms with Crippen LogP contribution in [0.5, 0.6) is 11.5 Å². The predicted molar refractivity (Wildman–Crippen MR) is 108 cm³/mol. The lowest BCUT2D eigenvalue weighted by Gasteiger charge is -2.13. The molecule has 4 aromatic rings. The van der Waals surface area contributed by atoms with Crippen molar-refractivity contribution < 1.29 is 9.47 Å². The minimum absolute atomic E-state index is 0.613. The van der Waals surface area contributed by atoms with Crippen LogP contribution in [0.25, 0.3) is 16.7 Å². The number of benzene rings is 1. The third kappa shape index (κ3) is 3.06. The maximum atomic E-state index is 5.76. The van der Waals surface area contributed by atoms with Gasteiger partial charge in [0.1, 0.15) is 18.3 Å². The summed E-state index contributed by atoms with van der Waals surface area (Å²) in [6.45, 7) is 10.3. The summed E-state index contributed by atoms with van der Waals surface area (Å²) in [4.78, 5) is 9.05. The molecule has 0 fully saturated rings. The van der Waals surface area contributed by atoms with E-state index >= 15 is 0 Å². The molecule has 28 heavy (non-hydrogen) atoms. The number of hydrogen-bond acceptors (Lipinski definition) is 5. The number of aromatic nitrogens is 5. The van der Waals surface area contributed by atoms with Crippen LogP contribution >= 0.6 is 0 Å². The van der Waals surface area contributed by atoms with Crippen LogP contribution < -0.4 is 9.47 Å². The molecule has 146 valence electrons. The third-order valence-corrected chi connectivity index (χ3v) is 5.12. The summed E-state index contributed by atoms with van der Waals surface area (Å²) < 4.78 is 15.4. The third-order valence-electron chi connectivity index (χ3n) is 5.12. The van der Waals surface area contributed by atoms with E-state index in [0.717, 1.165) is 41.1 Å². The van der Waals surface area contributed by atoms with Crippen molar-refractivity contribution in [1.29, 1.82) is 0 Å². The van der Waals surface area contributed by atoms with Crippen molar-refractivity contribution >= 4 is 16.7 Å². The van der Waals surface area contributed by atoms with Crippen molar-refractivity contribution in [2.24, 2.45) is 0 Å². The lowest BCUT2D eigenvalue weighted by atomic mass is 10.1. The lowest BCUT2D eigenvalue weighted by molar-refractivity contribution is 0.287. The summed E-state index contributed by atoms with van der Waals surface area (Å²) in [6.07, 6.45) is 4.16. The Morgan fingerprint density at radius 3 is 2.54 bits per heavy atom. The van der Waals surface area contributed by atoms with E-state index in [4.69, 9.17) is 9.47 Å². The topological polar surface area (TPSA) is 66.5 Å². The first-order valence-corrected chi connectivity index (χ1v) is 9.66. The summed E-state index contributed by atoms with van der Waals surface area (Å²) in [5.74, 6) is 1.60. The van der Waals surface area contributed by atoms with Gasteiger partial charge in [0.2, 0.25) is 0 Å². The van der Waals surface area contributed by atoms with Crippen LogP contribution in [0, 0.1) is 13.8 Å². The van der Waals surface area contributed by atoms with E-state index in [2.05, 4.69) is 45.6 Å². The zero-order valence-electron chi connectivity index (χ0n) is 16.8. The van der Waals surface area contributed by atoms with Gasteiger partial charge in [-0.05, 0) is 57.4 Å². The van der Waals surface area contributed by atoms with Crippen molar-refractivity contribution in [3.63, 3.8) is 0 Å². The van der Waals surface area contributed by atoms with Gasteiger partial charge in [-0.15, -0.1) is 0 Å². The van der Waals surface area contributed by atoms with Gasteiger partial charge >= 0.3 is 0 Å². The average Bonchev–Trinajstić information content (AvgIpc) is 3.26. The number of hydrogen-bond donors (Lipinski definition) is 0. The molecule has 4 rings (SSSR count). The SMILES string of the molecule is CCOc1ccc(CCn2c(C)c(C)c3c2ncn2ncnc32)cc1OCC. The molecule has 0 saturated heterocycles. The summed E-state index contributed by atoms with van der Waals surface area (Å²) in [5, 5.41) is 5.27. The van der Waals surface area contributed by atoms with Crippen molar-refractivity contribution in [3.8, 4) is 11.5 Å². The van der Waals surface area contributed by atoms with Gasteiger partial charge in [-0.1, -0.05) is 6.07 Å². The lowest BCUT2D eigenvalue weighted by Crippen LogP contribution is -2.05. The molecule has 0 atom stereocenters. The van der Waals surface area contributed by atoms with E-state index in [0.29, 0.717) is 13.2 Å². The Labute approximate surface area is 163 Å². The zero-order chi connectivity index (χ0) is 19.7. The van der Waals surface area contributed by atoms with Gasteiger partial charge in [0, 0.05) is 12.2 Å². The molecule has 0 spiro atoms. The van der Waals surface area contributed by atoms with Crippen LogP contribution in [0.15, 0.2) is 30.9 Å². The molecule has 0 aliphatic rings. The van der Waals surface area contributed by atoms with Crippen LogP contribution in [-0.4, -0.2) is 37.4 Å². The Kier molecular flexibility index (Phi) is 4.90. The Bertz CT molecular complexity index is 1130. The first kappa shape index (κ1) is 18.3. The largest absolute Gasteiger partial charge is 0.490 e. The van der Waals surface area contributed by atoms with Gasteiger partial charge in [0.05, 0.1) is 18.6 Å². The maximum Gasteiger partial charge on any atom is 0.168 e. The molecule has 3 aromatic heterocycles. The Morgan fingerprint density at radius 1 is 0.964 bits per heavy atom. The van der Waals surface area contributed by atoms with Gasteiger partial charge in [-0.25, -0.2) is 14.5 Å². The highest BCUT2D eigenvalue weighted by molar-refractivity contribution is 5.93. The fraction of sp³-hybridized carbons (Fsp3) is 0.381. The smallest absolute Gasteiger partial charge is 0.168 e. The molecule has 0 N–H and O–H groups in total. The van der Waals surface area contributed by atoms with Crippen molar-refractivity contribution in [3.05, 3.63) is 47.7 Å². The molecule has 3 heterocycles. The van der Waals surface area contributed by atoms with E-state index in [1.165, 1.54) is 16.8 Å². The predicted octanol–water partition coefficient (Wildman–Crippen LogP) is 3.74. The van der Waals surface area contributed by atoms with E-state index in [-0.39, 0.29) is 0 Å². The van der Waals surface area contributed by atoms with Crippen molar-refractivity contribution in [2.75, 3.05) is 13.2 Å². The highest BCUT2D eigenvalue weighted by Crippen LogP contribution is 2.30. The van der Waals surface area contributed by atoms with Crippen LogP contribution in [0.2, 0.25) is 0 Å². The van der Waals surface area contributed by atoms with Gasteiger partial charge in [0.15, 0.2) is 17.1 Å². The Hall–Kier alpha value is -3.09. The van der Waals surface area contributed by atoms with Crippen LogP contribution in [0.3, 0.4) is 0 Å². The molecule has 0 saturated carbocycles. The van der Waals surface area contributed by atoms with E-state index < -0.39 is 0 Å². The fourth-order valence-electron chi connectivity index (χ4n) is 3.64. The first-order chi connectivity index (χ1) is 13.6. The maximum absolute atomic E-state index is 5.76. The van der Waals surface area contributed by atoms with E-state index in [1.54, 1.807) is 17.2 Å². The molecular weight excluding hydrogens is 354 g/mol. The molecule has 0 aliphatic heterocycles. The van der Waals surface area contributed by atoms with E-state index in [9.17, 15) is 0 Å². The minimum Gasteiger partial charge on any atom is -0.490 e. The number of nitrogens with zero attached hydrogens (tertiary/aromatic N) is 5. The zero-order valence-corrected chi connectivity index (χ0v) is 16.8. The van der Waals surface area contributed by atoms with Gasteiger partial charge in [-0.2, -0.15) is 5.10 Å². The van der Waals surface area contributed by atoms with E-state index in [1.807, 2.05) is 19.9 Å². The molecule has 0 bridgehead atoms. The molecule has 0 radical (unpaired) electrons. The molecule has 0 unspecified atom stereocenters. The Balaban J connectivity index is 1.66. The average molecular weight is 379 g/mol. The monoisotopic (exact) mass is 379 g/mol. The fourth-order valence-corrected chi connectivity index (χ4v) is 3.64. The van der Waals surface area contributed by atoms with Crippen LogP contribution in [0.4, 0.5) is 0 Å². The standard InChI is InChI=1S/C21H25N5O2/c1-5-27-17-8-7-16(11-18(17)28-6-2)9-10-25-15(4)14(3)19-20(25)23-13-26-21(19)22-12-24-26/h7-8,11-13H,5-6,9-10H2,1-4H3. The van der Waals surface area contributed by atoms with Crippen molar-refractivity contribution in [2.45, 2.75) is 40.7 Å². The quantitative estimate of drug-likeness (QED) is 0.489. The minimum atomic E-state index is 0.613.